The van der Waals surface area contributed by atoms with Crippen molar-refractivity contribution >= 4 is 32.0 Å². The van der Waals surface area contributed by atoms with Crippen LogP contribution in [0.15, 0.2) is 24.5 Å². The average molecular weight is 385 g/mol. The Morgan fingerprint density at radius 3 is 2.85 bits per heavy atom. The van der Waals surface area contributed by atoms with E-state index in [1.807, 2.05) is 0 Å². The van der Waals surface area contributed by atoms with Crippen molar-refractivity contribution < 1.29 is 21.6 Å². The number of aromatic amines is 1. The molecule has 0 aliphatic carbocycles. The minimum absolute atomic E-state index is 0.00796. The number of hydrogen-bond acceptors (Lipinski definition) is 5. The van der Waals surface area contributed by atoms with Gasteiger partial charge in [-0.2, -0.15) is 13.2 Å². The highest BCUT2D eigenvalue weighted by atomic mass is 32.2. The number of fused-ring (bicyclic) bond motifs is 3. The van der Waals surface area contributed by atoms with E-state index in [0.717, 1.165) is 20.8 Å². The molecule has 1 unspecified atom stereocenters. The molecule has 3 aromatic heterocycles. The minimum Gasteiger partial charge on any atom is -0.364 e. The molecular weight excluding hydrogens is 371 g/mol. The monoisotopic (exact) mass is 385 g/mol. The van der Waals surface area contributed by atoms with Gasteiger partial charge in [-0.25, -0.2) is 17.7 Å². The third-order valence-electron chi connectivity index (χ3n) is 4.50. The largest absolute Gasteiger partial charge is 0.404 e. The lowest BCUT2D eigenvalue weighted by Crippen LogP contribution is -2.36. The van der Waals surface area contributed by atoms with Crippen LogP contribution < -0.4 is 0 Å². The summed E-state index contributed by atoms with van der Waals surface area (Å²) >= 11 is 0. The molecule has 3 aromatic rings. The summed E-state index contributed by atoms with van der Waals surface area (Å²) in [5.74, 6) is -2.10. The third-order valence-corrected chi connectivity index (χ3v) is 6.32. The van der Waals surface area contributed by atoms with Gasteiger partial charge in [-0.3, -0.25) is 0 Å². The fourth-order valence-corrected chi connectivity index (χ4v) is 4.80. The van der Waals surface area contributed by atoms with Crippen molar-refractivity contribution in [2.45, 2.75) is 18.5 Å². The van der Waals surface area contributed by atoms with Gasteiger partial charge < -0.3 is 4.98 Å². The Balaban J connectivity index is 1.71. The molecule has 1 fully saturated rings. The molecule has 1 N–H and O–H groups in total. The second-order valence-electron chi connectivity index (χ2n) is 6.25. The second-order valence-corrected chi connectivity index (χ2v) is 8.22. The Morgan fingerprint density at radius 1 is 1.27 bits per heavy atom. The van der Waals surface area contributed by atoms with Crippen molar-refractivity contribution in [3.63, 3.8) is 0 Å². The first-order chi connectivity index (χ1) is 12.2. The average Bonchev–Trinajstić information content (AvgIpc) is 3.21. The first-order valence-electron chi connectivity index (χ1n) is 7.87. The van der Waals surface area contributed by atoms with Gasteiger partial charge in [0.2, 0.25) is 10.0 Å². The highest BCUT2D eigenvalue weighted by Crippen LogP contribution is 2.35. The number of alkyl halides is 3. The summed E-state index contributed by atoms with van der Waals surface area (Å²) < 4.78 is 62.6. The fourth-order valence-electron chi connectivity index (χ4n) is 3.41. The first-order valence-corrected chi connectivity index (χ1v) is 9.48. The highest BCUT2D eigenvalue weighted by molar-refractivity contribution is 7.89. The van der Waals surface area contributed by atoms with Crippen LogP contribution in [0.25, 0.3) is 21.9 Å². The van der Waals surface area contributed by atoms with Crippen LogP contribution in [-0.2, 0) is 10.0 Å². The van der Waals surface area contributed by atoms with Gasteiger partial charge in [0.25, 0.3) is 0 Å². The van der Waals surface area contributed by atoms with Gasteiger partial charge in [-0.1, -0.05) is 0 Å². The Hall–Kier alpha value is -2.27. The lowest BCUT2D eigenvalue weighted by molar-refractivity contribution is -0.106. The van der Waals surface area contributed by atoms with Crippen molar-refractivity contribution in [3.8, 4) is 0 Å². The summed E-state index contributed by atoms with van der Waals surface area (Å²) in [4.78, 5) is 7.23. The number of sulfonamides is 1. The maximum atomic E-state index is 12.5. The Morgan fingerprint density at radius 2 is 2.08 bits per heavy atom. The molecule has 1 aliphatic rings. The van der Waals surface area contributed by atoms with Gasteiger partial charge >= 0.3 is 6.18 Å². The molecule has 1 aliphatic heterocycles. The lowest BCUT2D eigenvalue weighted by atomic mass is 9.99. The third kappa shape index (κ3) is 3.01. The van der Waals surface area contributed by atoms with Gasteiger partial charge in [-0.05, 0) is 18.6 Å². The van der Waals surface area contributed by atoms with Crippen LogP contribution in [0.4, 0.5) is 13.2 Å². The van der Waals surface area contributed by atoms with E-state index >= 15 is 0 Å². The molecule has 0 spiro atoms. The molecule has 1 saturated heterocycles. The molecule has 1 atom stereocenters. The van der Waals surface area contributed by atoms with Crippen LogP contribution in [0.1, 0.15) is 18.0 Å². The van der Waals surface area contributed by atoms with Gasteiger partial charge in [0.05, 0.1) is 5.52 Å². The topological polar surface area (TPSA) is 91.8 Å². The summed E-state index contributed by atoms with van der Waals surface area (Å²) in [7, 11) is -4.39. The van der Waals surface area contributed by atoms with Crippen molar-refractivity contribution in [2.75, 3.05) is 18.8 Å². The van der Waals surface area contributed by atoms with E-state index < -0.39 is 22.0 Å². The van der Waals surface area contributed by atoms with E-state index in [9.17, 15) is 21.6 Å². The molecule has 26 heavy (non-hydrogen) atoms. The number of rotatable bonds is 3. The Labute approximate surface area is 146 Å². The summed E-state index contributed by atoms with van der Waals surface area (Å²) in [6, 6.07) is 3.53. The number of pyridine rings is 1. The molecule has 4 rings (SSSR count). The highest BCUT2D eigenvalue weighted by Gasteiger charge is 2.41. The fraction of sp³-hybridized carbons (Fsp3) is 0.400. The van der Waals surface area contributed by atoms with E-state index in [4.69, 9.17) is 0 Å². The standard InChI is InChI=1S/C15H14F3N5O2S/c16-15(17,18)8-26(24,25)23-6-3-9(7-23)13-12-10-1-4-20-14(10)22-21-11(12)2-5-19-13/h1-2,4-5,9,19H,3,6-8H2. The molecule has 0 radical (unpaired) electrons. The normalized spacial score (nSPS) is 19.6. The van der Waals surface area contributed by atoms with Crippen molar-refractivity contribution in [1.82, 2.24) is 24.5 Å². The molecule has 7 nitrogen and oxygen atoms in total. The van der Waals surface area contributed by atoms with E-state index in [2.05, 4.69) is 20.2 Å². The number of aromatic nitrogens is 4. The summed E-state index contributed by atoms with van der Waals surface area (Å²) in [5, 5.41) is 9.69. The summed E-state index contributed by atoms with van der Waals surface area (Å²) in [6.07, 6.45) is -1.07. The van der Waals surface area contributed by atoms with E-state index in [0.29, 0.717) is 17.6 Å². The Kier molecular flexibility index (Phi) is 3.88. The van der Waals surface area contributed by atoms with Gasteiger partial charge in [0.15, 0.2) is 11.4 Å². The van der Waals surface area contributed by atoms with Crippen LogP contribution in [0.5, 0.6) is 0 Å². The van der Waals surface area contributed by atoms with E-state index in [1.54, 1.807) is 24.5 Å². The Bertz CT molecular complexity index is 1080. The smallest absolute Gasteiger partial charge is 0.364 e. The molecule has 11 heteroatoms. The molecule has 0 aromatic carbocycles. The van der Waals surface area contributed by atoms with Gasteiger partial charge in [0, 0.05) is 47.9 Å². The molecule has 4 heterocycles. The number of nitrogens with one attached hydrogen (secondary N) is 1. The molecular formula is C15H14F3N5O2S. The maximum Gasteiger partial charge on any atom is 0.404 e. The molecule has 0 amide bonds. The minimum atomic E-state index is -4.76. The molecule has 0 bridgehead atoms. The van der Waals surface area contributed by atoms with Crippen molar-refractivity contribution in [1.29, 1.82) is 0 Å². The number of halogens is 3. The molecule has 138 valence electrons. The van der Waals surface area contributed by atoms with Crippen LogP contribution >= 0.6 is 0 Å². The van der Waals surface area contributed by atoms with Crippen LogP contribution in [0.3, 0.4) is 0 Å². The second kappa shape index (κ2) is 5.88. The predicted octanol–water partition coefficient (Wildman–Crippen LogP) is 2.19. The van der Waals surface area contributed by atoms with E-state index in [-0.39, 0.29) is 19.0 Å². The number of nitrogens with zero attached hydrogens (tertiary/aromatic N) is 4. The number of hydrogen-bond donors (Lipinski definition) is 1. The summed E-state index contributed by atoms with van der Waals surface area (Å²) in [5.41, 5.74) is 1.83. The lowest BCUT2D eigenvalue weighted by Gasteiger charge is -2.18. The first kappa shape index (κ1) is 17.2. The summed E-state index contributed by atoms with van der Waals surface area (Å²) in [6.45, 7) is 0.0419. The zero-order chi connectivity index (χ0) is 18.5. The SMILES string of the molecule is O=S(=O)(CC(F)(F)F)N1CCC(c2[nH]ccc3nnc4nccc4c23)C1. The van der Waals surface area contributed by atoms with Gasteiger partial charge in [-0.15, -0.1) is 10.2 Å². The van der Waals surface area contributed by atoms with Crippen LogP contribution in [-0.4, -0.2) is 57.9 Å². The molecule has 0 saturated carbocycles. The van der Waals surface area contributed by atoms with E-state index in [1.165, 1.54) is 0 Å². The predicted molar refractivity (Wildman–Crippen MR) is 88.0 cm³/mol. The van der Waals surface area contributed by atoms with Gasteiger partial charge in [0.1, 0.15) is 0 Å². The maximum absolute atomic E-state index is 12.5. The van der Waals surface area contributed by atoms with Crippen molar-refractivity contribution in [2.24, 2.45) is 0 Å². The zero-order valence-corrected chi connectivity index (χ0v) is 14.2. The van der Waals surface area contributed by atoms with Crippen LogP contribution in [0.2, 0.25) is 0 Å². The quantitative estimate of drug-likeness (QED) is 0.746. The number of H-pyrrole nitrogens is 1. The zero-order valence-electron chi connectivity index (χ0n) is 13.4. The van der Waals surface area contributed by atoms with Crippen molar-refractivity contribution in [3.05, 3.63) is 30.2 Å². The van der Waals surface area contributed by atoms with Crippen LogP contribution in [0, 0.1) is 0 Å².